The number of Topliss-reactive ketones (excluding diaryl/α,β-unsaturated/α-hetero) is 1. The molecule has 0 spiro atoms. The zero-order valence-electron chi connectivity index (χ0n) is 8.23. The van der Waals surface area contributed by atoms with Crippen LogP contribution in [0.3, 0.4) is 0 Å². The van der Waals surface area contributed by atoms with Gasteiger partial charge in [-0.05, 0) is 60.8 Å². The summed E-state index contributed by atoms with van der Waals surface area (Å²) in [5.41, 5.74) is 2.39. The van der Waals surface area contributed by atoms with Gasteiger partial charge in [-0.2, -0.15) is 0 Å². The van der Waals surface area contributed by atoms with Crippen LogP contribution in [0.5, 0.6) is 0 Å². The lowest BCUT2D eigenvalue weighted by Gasteiger charge is -2.00. The summed E-state index contributed by atoms with van der Waals surface area (Å²) < 4.78 is 1.20. The van der Waals surface area contributed by atoms with E-state index in [1.165, 1.54) is 39.0 Å². The molecule has 0 aromatic carbocycles. The first-order valence-electron chi connectivity index (χ1n) is 5.01. The predicted molar refractivity (Wildman–Crippen MR) is 68.3 cm³/mol. The summed E-state index contributed by atoms with van der Waals surface area (Å²) in [6.07, 6.45) is 6.16. The molecule has 0 atom stereocenters. The smallest absolute Gasteiger partial charge is 0.162 e. The Morgan fingerprint density at radius 1 is 1.29 bits per heavy atom. The molecule has 1 aliphatic rings. The highest BCUT2D eigenvalue weighted by Crippen LogP contribution is 2.34. The average molecular weight is 320 g/mol. The largest absolute Gasteiger partial charge is 0.294 e. The maximum atomic E-state index is 11.5. The third-order valence-corrected chi connectivity index (χ3v) is 5.01. The predicted octanol–water partition coefficient (Wildman–Crippen LogP) is 3.82. The fourth-order valence-electron chi connectivity index (χ4n) is 2.06. The van der Waals surface area contributed by atoms with Crippen molar-refractivity contribution in [2.75, 3.05) is 0 Å². The van der Waals surface area contributed by atoms with Crippen molar-refractivity contribution in [3.05, 3.63) is 18.9 Å². The van der Waals surface area contributed by atoms with Crippen molar-refractivity contribution in [2.24, 2.45) is 0 Å². The van der Waals surface area contributed by atoms with Gasteiger partial charge >= 0.3 is 0 Å². The van der Waals surface area contributed by atoms with Crippen molar-refractivity contribution >= 4 is 39.7 Å². The fourth-order valence-corrected chi connectivity index (χ4v) is 4.72. The molecule has 0 saturated carbocycles. The zero-order valence-corrected chi connectivity index (χ0v) is 11.2. The van der Waals surface area contributed by atoms with Crippen LogP contribution >= 0.6 is 33.9 Å². The molecule has 0 amide bonds. The van der Waals surface area contributed by atoms with Gasteiger partial charge in [0.1, 0.15) is 0 Å². The van der Waals surface area contributed by atoms with E-state index in [4.69, 9.17) is 0 Å². The topological polar surface area (TPSA) is 17.1 Å². The van der Waals surface area contributed by atoms with Gasteiger partial charge in [0.2, 0.25) is 0 Å². The Bertz CT molecular complexity index is 368. The van der Waals surface area contributed by atoms with E-state index in [1.807, 2.05) is 11.3 Å². The first kappa shape index (κ1) is 10.6. The number of carbonyl (C=O) groups excluding carboxylic acids is 1. The van der Waals surface area contributed by atoms with E-state index in [9.17, 15) is 4.79 Å². The Labute approximate surface area is 102 Å². The molecule has 1 aliphatic carbocycles. The Morgan fingerprint density at radius 3 is 2.71 bits per heavy atom. The van der Waals surface area contributed by atoms with Gasteiger partial charge in [0.05, 0.1) is 2.88 Å². The highest BCUT2D eigenvalue weighted by molar-refractivity contribution is 14.1. The van der Waals surface area contributed by atoms with Gasteiger partial charge in [0.25, 0.3) is 0 Å². The average Bonchev–Trinajstić information content (AvgIpc) is 2.31. The quantitative estimate of drug-likeness (QED) is 0.437. The van der Waals surface area contributed by atoms with E-state index in [-0.39, 0.29) is 5.78 Å². The van der Waals surface area contributed by atoms with Crippen molar-refractivity contribution < 1.29 is 4.79 Å². The summed E-state index contributed by atoms with van der Waals surface area (Å²) in [6.45, 7) is 1.69. The highest BCUT2D eigenvalue weighted by atomic mass is 127. The number of halogens is 1. The number of hydrogen-bond acceptors (Lipinski definition) is 2. The Hall–Kier alpha value is 0.1000. The summed E-state index contributed by atoms with van der Waals surface area (Å²) in [5.74, 6) is 0.244. The number of ketones is 1. The molecule has 0 N–H and O–H groups in total. The monoisotopic (exact) mass is 320 g/mol. The Kier molecular flexibility index (Phi) is 3.27. The maximum Gasteiger partial charge on any atom is 0.162 e. The first-order valence-corrected chi connectivity index (χ1v) is 6.90. The number of thiophene rings is 1. The van der Waals surface area contributed by atoms with E-state index >= 15 is 0 Å². The van der Waals surface area contributed by atoms with E-state index in [0.717, 1.165) is 12.0 Å². The molecule has 0 aliphatic heterocycles. The van der Waals surface area contributed by atoms with Crippen LogP contribution in [-0.4, -0.2) is 5.78 Å². The van der Waals surface area contributed by atoms with E-state index < -0.39 is 0 Å². The minimum absolute atomic E-state index is 0.244. The molecule has 1 heterocycles. The van der Waals surface area contributed by atoms with Crippen molar-refractivity contribution in [2.45, 2.75) is 39.0 Å². The second kappa shape index (κ2) is 4.31. The highest BCUT2D eigenvalue weighted by Gasteiger charge is 2.20. The lowest BCUT2D eigenvalue weighted by molar-refractivity contribution is 0.101. The van der Waals surface area contributed by atoms with E-state index in [0.29, 0.717) is 0 Å². The summed E-state index contributed by atoms with van der Waals surface area (Å²) in [6, 6.07) is 0. The number of aryl methyl sites for hydroxylation is 1. The minimum atomic E-state index is 0.244. The van der Waals surface area contributed by atoms with Crippen LogP contribution in [0.2, 0.25) is 0 Å². The molecule has 76 valence electrons. The number of rotatable bonds is 1. The molecule has 0 fully saturated rings. The molecule has 14 heavy (non-hydrogen) atoms. The summed E-state index contributed by atoms with van der Waals surface area (Å²) in [4.78, 5) is 13.0. The zero-order chi connectivity index (χ0) is 10.1. The number of hydrogen-bond donors (Lipinski definition) is 0. The minimum Gasteiger partial charge on any atom is -0.294 e. The van der Waals surface area contributed by atoms with Crippen LogP contribution in [-0.2, 0) is 12.8 Å². The van der Waals surface area contributed by atoms with Crippen molar-refractivity contribution in [1.82, 2.24) is 0 Å². The molecule has 0 bridgehead atoms. The number of carbonyl (C=O) groups is 1. The molecule has 0 radical (unpaired) electrons. The molecule has 3 heteroatoms. The normalized spacial score (nSPS) is 16.1. The molecule has 2 rings (SSSR count). The van der Waals surface area contributed by atoms with Crippen LogP contribution in [0.4, 0.5) is 0 Å². The standard InChI is InChI=1S/C11H13IOS/c1-7(13)10-8-5-3-2-4-6-9(8)14-11(10)12/h2-6H2,1H3. The van der Waals surface area contributed by atoms with Crippen molar-refractivity contribution in [3.63, 3.8) is 0 Å². The number of fused-ring (bicyclic) bond motifs is 1. The Morgan fingerprint density at radius 2 is 2.00 bits per heavy atom. The van der Waals surface area contributed by atoms with Crippen LogP contribution in [0.15, 0.2) is 0 Å². The van der Waals surface area contributed by atoms with E-state index in [1.54, 1.807) is 6.92 Å². The molecule has 0 unspecified atom stereocenters. The summed E-state index contributed by atoms with van der Waals surface area (Å²) in [7, 11) is 0. The first-order chi connectivity index (χ1) is 6.70. The third kappa shape index (κ3) is 1.89. The second-order valence-electron chi connectivity index (χ2n) is 3.77. The molecular weight excluding hydrogens is 307 g/mol. The fraction of sp³-hybridized carbons (Fsp3) is 0.545. The maximum absolute atomic E-state index is 11.5. The van der Waals surface area contributed by atoms with Crippen LogP contribution in [0.1, 0.15) is 47.0 Å². The van der Waals surface area contributed by atoms with Crippen molar-refractivity contribution in [3.8, 4) is 0 Å². The van der Waals surface area contributed by atoms with Crippen LogP contribution < -0.4 is 0 Å². The molecule has 1 aromatic rings. The lowest BCUT2D eigenvalue weighted by atomic mass is 10.0. The molecule has 1 nitrogen and oxygen atoms in total. The Balaban J connectivity index is 2.49. The van der Waals surface area contributed by atoms with Gasteiger partial charge in [-0.25, -0.2) is 0 Å². The summed E-state index contributed by atoms with van der Waals surface area (Å²) >= 11 is 4.13. The van der Waals surface area contributed by atoms with Gasteiger partial charge in [-0.3, -0.25) is 4.79 Å². The molecular formula is C11H13IOS. The van der Waals surface area contributed by atoms with E-state index in [2.05, 4.69) is 22.6 Å². The second-order valence-corrected chi connectivity index (χ2v) is 6.69. The van der Waals surface area contributed by atoms with Gasteiger partial charge < -0.3 is 0 Å². The van der Waals surface area contributed by atoms with Gasteiger partial charge in [0.15, 0.2) is 5.78 Å². The van der Waals surface area contributed by atoms with Gasteiger partial charge in [-0.1, -0.05) is 6.42 Å². The molecule has 1 aromatic heterocycles. The van der Waals surface area contributed by atoms with Gasteiger partial charge in [-0.15, -0.1) is 11.3 Å². The van der Waals surface area contributed by atoms with Gasteiger partial charge in [0, 0.05) is 10.4 Å². The SMILES string of the molecule is CC(=O)c1c(I)sc2c1CCCCC2. The van der Waals surface area contributed by atoms with Crippen LogP contribution in [0, 0.1) is 2.88 Å². The van der Waals surface area contributed by atoms with Crippen LogP contribution in [0.25, 0.3) is 0 Å². The summed E-state index contributed by atoms with van der Waals surface area (Å²) in [5, 5.41) is 0. The molecule has 0 saturated heterocycles. The lowest BCUT2D eigenvalue weighted by Crippen LogP contribution is -1.98. The third-order valence-electron chi connectivity index (χ3n) is 2.73. The van der Waals surface area contributed by atoms with Crippen molar-refractivity contribution in [1.29, 1.82) is 0 Å².